The van der Waals surface area contributed by atoms with Crippen molar-refractivity contribution < 1.29 is 37.6 Å². The van der Waals surface area contributed by atoms with E-state index in [1.54, 1.807) is 24.3 Å². The van der Waals surface area contributed by atoms with E-state index >= 15 is 0 Å². The maximum Gasteiger partial charge on any atom is 0.355 e. The minimum atomic E-state index is -1.23. The van der Waals surface area contributed by atoms with Crippen molar-refractivity contribution in [3.05, 3.63) is 122 Å². The second-order valence-corrected chi connectivity index (χ2v) is 17.0. The van der Waals surface area contributed by atoms with Crippen molar-refractivity contribution in [3.8, 4) is 11.5 Å². The number of esters is 1. The number of amides is 1. The van der Waals surface area contributed by atoms with Crippen LogP contribution in [0.15, 0.2) is 99.3 Å². The van der Waals surface area contributed by atoms with Gasteiger partial charge in [0.1, 0.15) is 42.6 Å². The number of carbonyl (C=O) groups excluding carboxylic acids is 2. The highest BCUT2D eigenvalue weighted by Gasteiger charge is 2.60. The lowest BCUT2D eigenvalue weighted by Crippen LogP contribution is -2.64. The molecular formula is C39H41N2O10Si. The third kappa shape index (κ3) is 7.65. The van der Waals surface area contributed by atoms with Gasteiger partial charge in [0.05, 0.1) is 23.0 Å². The third-order valence-electron chi connectivity index (χ3n) is 9.75. The van der Waals surface area contributed by atoms with E-state index in [4.69, 9.17) is 23.1 Å². The molecule has 2 aliphatic heterocycles. The molecule has 0 aliphatic carbocycles. The molecule has 6 rings (SSSR count). The van der Waals surface area contributed by atoms with Crippen LogP contribution in [0.5, 0.6) is 11.5 Å². The predicted molar refractivity (Wildman–Crippen MR) is 194 cm³/mol. The number of rotatable bonds is 13. The first kappa shape index (κ1) is 36.5. The van der Waals surface area contributed by atoms with Crippen molar-refractivity contribution in [2.75, 3.05) is 6.61 Å². The van der Waals surface area contributed by atoms with Gasteiger partial charge >= 0.3 is 11.6 Å². The van der Waals surface area contributed by atoms with E-state index in [2.05, 4.69) is 27.3 Å². The van der Waals surface area contributed by atoms with E-state index in [9.17, 15) is 24.5 Å². The number of nitro groups is 1. The summed E-state index contributed by atoms with van der Waals surface area (Å²) in [7, 11) is -1.23. The molecule has 1 aromatic heterocycles. The summed E-state index contributed by atoms with van der Waals surface area (Å²) >= 11 is 0. The number of carbonyl (C=O) groups is 2. The van der Waals surface area contributed by atoms with E-state index < -0.39 is 31.5 Å². The van der Waals surface area contributed by atoms with Crippen LogP contribution >= 0.6 is 0 Å². The zero-order valence-electron chi connectivity index (χ0n) is 29.9. The molecule has 1 saturated heterocycles. The average Bonchev–Trinajstić information content (AvgIpc) is 3.35. The number of fused-ring (bicyclic) bond motifs is 2. The molecule has 12 nitrogen and oxygen atoms in total. The Morgan fingerprint density at radius 3 is 2.21 bits per heavy atom. The van der Waals surface area contributed by atoms with Crippen LogP contribution in [0, 0.1) is 22.0 Å². The van der Waals surface area contributed by atoms with E-state index in [1.165, 1.54) is 35.2 Å². The van der Waals surface area contributed by atoms with Gasteiger partial charge in [-0.3, -0.25) is 14.9 Å². The summed E-state index contributed by atoms with van der Waals surface area (Å²) < 4.78 is 29.5. The SMILES string of the molecule is C[C@@H](O[Si](C)C(C)(C)C)[C@H]1C(=O)N2C(C(=O)OCc3ccc([N+](=O)[O-])cc3)=C(COc3ccc(COc4ccc5ccc(=O)oc5c4)cc3)[C@H](C)[C@H]12. The Morgan fingerprint density at radius 1 is 0.923 bits per heavy atom. The van der Waals surface area contributed by atoms with Gasteiger partial charge < -0.3 is 28.0 Å². The van der Waals surface area contributed by atoms with Crippen molar-refractivity contribution >= 4 is 37.6 Å². The number of benzene rings is 3. The van der Waals surface area contributed by atoms with Crippen molar-refractivity contribution in [3.63, 3.8) is 0 Å². The van der Waals surface area contributed by atoms with Gasteiger partial charge in [-0.2, -0.15) is 0 Å². The van der Waals surface area contributed by atoms with Gasteiger partial charge in [-0.25, -0.2) is 9.59 Å². The van der Waals surface area contributed by atoms with E-state index in [0.717, 1.165) is 10.9 Å². The van der Waals surface area contributed by atoms with Crippen LogP contribution in [0.25, 0.3) is 11.0 Å². The van der Waals surface area contributed by atoms with Gasteiger partial charge in [-0.1, -0.05) is 39.8 Å². The van der Waals surface area contributed by atoms with Crippen molar-refractivity contribution in [1.29, 1.82) is 0 Å². The molecule has 1 fully saturated rings. The van der Waals surface area contributed by atoms with Crippen LogP contribution in [0.4, 0.5) is 5.69 Å². The molecule has 0 unspecified atom stereocenters. The molecule has 52 heavy (non-hydrogen) atoms. The molecule has 3 aromatic carbocycles. The average molecular weight is 726 g/mol. The topological polar surface area (TPSA) is 148 Å². The Hall–Kier alpha value is -5.27. The molecule has 4 atom stereocenters. The van der Waals surface area contributed by atoms with Crippen LogP contribution in [0.1, 0.15) is 45.7 Å². The van der Waals surface area contributed by atoms with Gasteiger partial charge in [0.15, 0.2) is 0 Å². The summed E-state index contributed by atoms with van der Waals surface area (Å²) in [6.07, 6.45) is -0.338. The van der Waals surface area contributed by atoms with Gasteiger partial charge in [0.25, 0.3) is 5.69 Å². The molecular weight excluding hydrogens is 685 g/mol. The number of β-lactam (4-membered cyclic amide) rings is 1. The van der Waals surface area contributed by atoms with Crippen LogP contribution in [-0.4, -0.2) is 49.5 Å². The lowest BCUT2D eigenvalue weighted by molar-refractivity contribution is -0.384. The monoisotopic (exact) mass is 725 g/mol. The van der Waals surface area contributed by atoms with Gasteiger partial charge in [-0.05, 0) is 72.1 Å². The fourth-order valence-corrected chi connectivity index (χ4v) is 7.47. The second-order valence-electron chi connectivity index (χ2n) is 14.2. The molecule has 0 bridgehead atoms. The Labute approximate surface area is 302 Å². The molecule has 271 valence electrons. The fraction of sp³-hybridized carbons (Fsp3) is 0.359. The first-order valence-corrected chi connectivity index (χ1v) is 19.0. The first-order valence-electron chi connectivity index (χ1n) is 17.1. The van der Waals surface area contributed by atoms with Crippen LogP contribution in [0.3, 0.4) is 0 Å². The molecule has 1 amide bonds. The van der Waals surface area contributed by atoms with Gasteiger partial charge in [-0.15, -0.1) is 0 Å². The Bertz CT molecular complexity index is 2070. The Balaban J connectivity index is 1.16. The summed E-state index contributed by atoms with van der Waals surface area (Å²) in [6.45, 7) is 12.6. The maximum atomic E-state index is 13.7. The molecule has 1 radical (unpaired) electrons. The lowest BCUT2D eigenvalue weighted by atomic mass is 9.78. The van der Waals surface area contributed by atoms with Crippen LogP contribution in [0.2, 0.25) is 11.6 Å². The quantitative estimate of drug-likeness (QED) is 0.0354. The number of nitrogens with zero attached hydrogens (tertiary/aromatic N) is 2. The van der Waals surface area contributed by atoms with Crippen LogP contribution in [-0.2, 0) is 32.0 Å². The summed E-state index contributed by atoms with van der Waals surface area (Å²) in [6, 6.07) is 21.2. The number of ether oxygens (including phenoxy) is 3. The molecule has 0 N–H and O–H groups in total. The first-order chi connectivity index (χ1) is 24.7. The zero-order chi connectivity index (χ0) is 37.3. The lowest BCUT2D eigenvalue weighted by Gasteiger charge is -2.48. The normalized spacial score (nSPS) is 19.0. The summed E-state index contributed by atoms with van der Waals surface area (Å²) in [5, 5.41) is 11.8. The van der Waals surface area contributed by atoms with Crippen LogP contribution < -0.4 is 15.1 Å². The smallest absolute Gasteiger partial charge is 0.355 e. The minimum Gasteiger partial charge on any atom is -0.489 e. The highest BCUT2D eigenvalue weighted by Crippen LogP contribution is 2.48. The van der Waals surface area contributed by atoms with Crippen molar-refractivity contribution in [2.24, 2.45) is 11.8 Å². The second kappa shape index (κ2) is 14.8. The molecule has 3 heterocycles. The fourth-order valence-electron chi connectivity index (χ4n) is 6.41. The Morgan fingerprint density at radius 2 is 1.54 bits per heavy atom. The molecule has 0 spiro atoms. The molecule has 4 aromatic rings. The predicted octanol–water partition coefficient (Wildman–Crippen LogP) is 6.96. The highest BCUT2D eigenvalue weighted by atomic mass is 28.3. The van der Waals surface area contributed by atoms with E-state index in [0.29, 0.717) is 28.2 Å². The standard InChI is InChI=1S/C39H41N2O10Si/c1-23-31(22-48-29-15-9-26(10-16-29)20-47-30-17-11-27-12-18-33(42)50-32(27)19-30)36(38(44)49-21-25-7-13-28(14-8-25)41(45)46)40-35(23)34(37(40)43)24(2)51-52(6)39(3,4)5/h7-19,23-24,34-35H,20-22H2,1-6H3/t23-,24+,34+,35+/m0/s1. The Kier molecular flexibility index (Phi) is 10.4. The summed E-state index contributed by atoms with van der Waals surface area (Å²) in [5.74, 6) is -0.372. The van der Waals surface area contributed by atoms with Gasteiger partial charge in [0, 0.05) is 41.1 Å². The van der Waals surface area contributed by atoms with Gasteiger partial charge in [0.2, 0.25) is 14.9 Å². The molecule has 2 aliphatic rings. The number of hydrogen-bond acceptors (Lipinski definition) is 10. The van der Waals surface area contributed by atoms with Crippen molar-refractivity contribution in [2.45, 2.75) is 71.6 Å². The maximum absolute atomic E-state index is 13.7. The van der Waals surface area contributed by atoms with Crippen molar-refractivity contribution in [1.82, 2.24) is 4.90 Å². The molecule has 0 saturated carbocycles. The minimum absolute atomic E-state index is 0.0199. The summed E-state index contributed by atoms with van der Waals surface area (Å²) in [5.41, 5.74) is 2.22. The van der Waals surface area contributed by atoms with E-state index in [-0.39, 0.29) is 60.2 Å². The largest absolute Gasteiger partial charge is 0.489 e. The zero-order valence-corrected chi connectivity index (χ0v) is 30.9. The summed E-state index contributed by atoms with van der Waals surface area (Å²) in [4.78, 5) is 51.1. The number of nitro benzene ring substituents is 1. The molecule has 13 heteroatoms. The number of non-ortho nitro benzene ring substituents is 1. The van der Waals surface area contributed by atoms with E-state index in [1.807, 2.05) is 38.1 Å². The third-order valence-corrected chi connectivity index (χ3v) is 12.6. The number of hydrogen-bond donors (Lipinski definition) is 0. The highest BCUT2D eigenvalue weighted by molar-refractivity contribution is 6.53.